The van der Waals surface area contributed by atoms with Crippen molar-refractivity contribution < 1.29 is 4.74 Å². The molecule has 4 heteroatoms. The van der Waals surface area contributed by atoms with Crippen LogP contribution in [0.1, 0.15) is 0 Å². The van der Waals surface area contributed by atoms with Crippen LogP contribution in [-0.2, 0) is 0 Å². The molecule has 0 aliphatic rings. The molecule has 3 aromatic rings. The van der Waals surface area contributed by atoms with Crippen molar-refractivity contribution in [1.29, 1.82) is 0 Å². The molecule has 0 aliphatic heterocycles. The van der Waals surface area contributed by atoms with E-state index in [0.29, 0.717) is 0 Å². The van der Waals surface area contributed by atoms with E-state index in [1.807, 2.05) is 36.4 Å². The molecule has 0 unspecified atom stereocenters. The zero-order valence-electron chi connectivity index (χ0n) is 9.68. The molecular weight excluding hydrogens is 310 g/mol. The lowest BCUT2D eigenvalue weighted by molar-refractivity contribution is 0.416. The van der Waals surface area contributed by atoms with Gasteiger partial charge in [0.05, 0.1) is 22.9 Å². The number of nitrogens with zero attached hydrogens (tertiary/aromatic N) is 1. The van der Waals surface area contributed by atoms with E-state index in [1.54, 1.807) is 18.4 Å². The van der Waals surface area contributed by atoms with Gasteiger partial charge in [-0.2, -0.15) is 0 Å². The molecule has 0 saturated heterocycles. The van der Waals surface area contributed by atoms with E-state index in [0.717, 1.165) is 26.3 Å². The summed E-state index contributed by atoms with van der Waals surface area (Å²) in [5, 5.41) is 0.987. The molecule has 0 bridgehead atoms. The second-order valence-corrected chi connectivity index (χ2v) is 5.78. The Labute approximate surface area is 117 Å². The molecule has 0 amide bonds. The third-order valence-corrected chi connectivity index (χ3v) is 4.25. The van der Waals surface area contributed by atoms with Crippen molar-refractivity contribution in [2.75, 3.05) is 7.11 Å². The van der Waals surface area contributed by atoms with Gasteiger partial charge in [0.25, 0.3) is 0 Å². The lowest BCUT2D eigenvalue weighted by Gasteiger charge is -2.05. The third kappa shape index (κ3) is 2.02. The van der Waals surface area contributed by atoms with Crippen LogP contribution >= 0.6 is 27.3 Å². The number of ether oxygens (including phenoxy) is 1. The van der Waals surface area contributed by atoms with E-state index >= 15 is 0 Å². The van der Waals surface area contributed by atoms with Crippen LogP contribution in [0.4, 0.5) is 0 Å². The van der Waals surface area contributed by atoms with Crippen molar-refractivity contribution in [1.82, 2.24) is 4.98 Å². The molecule has 0 fully saturated rings. The summed E-state index contributed by atoms with van der Waals surface area (Å²) < 4.78 is 7.61. The molecule has 1 heterocycles. The molecule has 2 nitrogen and oxygen atoms in total. The highest BCUT2D eigenvalue weighted by Gasteiger charge is 2.11. The number of thiazole rings is 1. The zero-order chi connectivity index (χ0) is 12.5. The highest BCUT2D eigenvalue weighted by Crippen LogP contribution is 2.36. The molecule has 0 atom stereocenters. The minimum absolute atomic E-state index is 0.837. The summed E-state index contributed by atoms with van der Waals surface area (Å²) in [6.45, 7) is 0. The van der Waals surface area contributed by atoms with E-state index in [1.165, 1.54) is 4.70 Å². The lowest BCUT2D eigenvalue weighted by atomic mass is 10.2. The van der Waals surface area contributed by atoms with Crippen LogP contribution in [0.2, 0.25) is 0 Å². The quantitative estimate of drug-likeness (QED) is 0.681. The van der Waals surface area contributed by atoms with Crippen molar-refractivity contribution in [2.24, 2.45) is 0 Å². The SMILES string of the molecule is COc1cc(Br)ccc1-c1nc2ccccc2s1. The number of hydrogen-bond acceptors (Lipinski definition) is 3. The molecule has 0 saturated carbocycles. The molecule has 0 N–H and O–H groups in total. The van der Waals surface area contributed by atoms with E-state index < -0.39 is 0 Å². The first kappa shape index (κ1) is 11.7. The molecule has 0 aliphatic carbocycles. The van der Waals surface area contributed by atoms with Gasteiger partial charge in [0, 0.05) is 4.47 Å². The molecular formula is C14H10BrNOS. The van der Waals surface area contributed by atoms with Crippen molar-refractivity contribution >= 4 is 37.5 Å². The topological polar surface area (TPSA) is 22.1 Å². The molecule has 0 spiro atoms. The molecule has 2 aromatic carbocycles. The maximum absolute atomic E-state index is 5.41. The Morgan fingerprint density at radius 2 is 2.00 bits per heavy atom. The first-order valence-corrected chi connectivity index (χ1v) is 7.08. The summed E-state index contributed by atoms with van der Waals surface area (Å²) in [5.41, 5.74) is 2.06. The fourth-order valence-electron chi connectivity index (χ4n) is 1.83. The van der Waals surface area contributed by atoms with Gasteiger partial charge >= 0.3 is 0 Å². The smallest absolute Gasteiger partial charge is 0.130 e. The monoisotopic (exact) mass is 319 g/mol. The number of fused-ring (bicyclic) bond motifs is 1. The number of para-hydroxylation sites is 1. The van der Waals surface area contributed by atoms with Crippen LogP contribution < -0.4 is 4.74 Å². The normalized spacial score (nSPS) is 10.8. The van der Waals surface area contributed by atoms with Gasteiger partial charge in [0.2, 0.25) is 0 Å². The van der Waals surface area contributed by atoms with Gasteiger partial charge in [-0.1, -0.05) is 28.1 Å². The minimum Gasteiger partial charge on any atom is -0.496 e. The summed E-state index contributed by atoms with van der Waals surface area (Å²) in [4.78, 5) is 4.64. The molecule has 90 valence electrons. The maximum Gasteiger partial charge on any atom is 0.130 e. The zero-order valence-corrected chi connectivity index (χ0v) is 12.1. The number of methoxy groups -OCH3 is 1. The van der Waals surface area contributed by atoms with Crippen molar-refractivity contribution in [2.45, 2.75) is 0 Å². The van der Waals surface area contributed by atoms with Crippen LogP contribution in [0.15, 0.2) is 46.9 Å². The van der Waals surface area contributed by atoms with Gasteiger partial charge in [-0.05, 0) is 30.3 Å². The Kier molecular flexibility index (Phi) is 3.06. The highest BCUT2D eigenvalue weighted by atomic mass is 79.9. The van der Waals surface area contributed by atoms with Gasteiger partial charge in [0.15, 0.2) is 0 Å². The average molecular weight is 320 g/mol. The minimum atomic E-state index is 0.837. The van der Waals surface area contributed by atoms with E-state index in [9.17, 15) is 0 Å². The van der Waals surface area contributed by atoms with Gasteiger partial charge in [-0.3, -0.25) is 0 Å². The molecule has 1 aromatic heterocycles. The van der Waals surface area contributed by atoms with Crippen molar-refractivity contribution in [3.63, 3.8) is 0 Å². The van der Waals surface area contributed by atoms with Gasteiger partial charge in [0.1, 0.15) is 10.8 Å². The summed E-state index contributed by atoms with van der Waals surface area (Å²) in [6.07, 6.45) is 0. The Hall–Kier alpha value is -1.39. The average Bonchev–Trinajstić information content (AvgIpc) is 2.82. The molecule has 0 radical (unpaired) electrons. The van der Waals surface area contributed by atoms with Crippen LogP contribution in [0, 0.1) is 0 Å². The van der Waals surface area contributed by atoms with Crippen LogP contribution in [0.3, 0.4) is 0 Å². The number of halogens is 1. The van der Waals surface area contributed by atoms with E-state index in [2.05, 4.69) is 27.0 Å². The third-order valence-electron chi connectivity index (χ3n) is 2.69. The first-order valence-electron chi connectivity index (χ1n) is 5.47. The maximum atomic E-state index is 5.41. The fourth-order valence-corrected chi connectivity index (χ4v) is 3.16. The number of hydrogen-bond donors (Lipinski definition) is 0. The summed E-state index contributed by atoms with van der Waals surface area (Å²) in [5.74, 6) is 0.837. The first-order chi connectivity index (χ1) is 8.78. The highest BCUT2D eigenvalue weighted by molar-refractivity contribution is 9.10. The Bertz CT molecular complexity index is 675. The second kappa shape index (κ2) is 4.71. The number of benzene rings is 2. The Balaban J connectivity index is 2.19. The Morgan fingerprint density at radius 3 is 2.78 bits per heavy atom. The van der Waals surface area contributed by atoms with Crippen LogP contribution in [0.25, 0.3) is 20.8 Å². The fraction of sp³-hybridized carbons (Fsp3) is 0.0714. The summed E-state index contributed by atoms with van der Waals surface area (Å²) in [6, 6.07) is 14.1. The van der Waals surface area contributed by atoms with Gasteiger partial charge in [-0.25, -0.2) is 4.98 Å². The van der Waals surface area contributed by atoms with Crippen LogP contribution in [-0.4, -0.2) is 12.1 Å². The largest absolute Gasteiger partial charge is 0.496 e. The molecule has 3 rings (SSSR count). The summed E-state index contributed by atoms with van der Waals surface area (Å²) in [7, 11) is 1.68. The Morgan fingerprint density at radius 1 is 1.17 bits per heavy atom. The van der Waals surface area contributed by atoms with E-state index in [4.69, 9.17) is 4.74 Å². The van der Waals surface area contributed by atoms with Gasteiger partial charge in [-0.15, -0.1) is 11.3 Å². The second-order valence-electron chi connectivity index (χ2n) is 3.83. The standard InChI is InChI=1S/C14H10BrNOS/c1-17-12-8-9(15)6-7-10(12)14-16-11-4-2-3-5-13(11)18-14/h2-8H,1H3. The van der Waals surface area contributed by atoms with Crippen LogP contribution in [0.5, 0.6) is 5.75 Å². The molecule has 18 heavy (non-hydrogen) atoms. The predicted octanol–water partition coefficient (Wildman–Crippen LogP) is 4.73. The number of rotatable bonds is 2. The van der Waals surface area contributed by atoms with E-state index in [-0.39, 0.29) is 0 Å². The van der Waals surface area contributed by atoms with Crippen molar-refractivity contribution in [3.8, 4) is 16.3 Å². The summed E-state index contributed by atoms with van der Waals surface area (Å²) >= 11 is 5.13. The number of aromatic nitrogens is 1. The lowest BCUT2D eigenvalue weighted by Crippen LogP contribution is -1.87. The predicted molar refractivity (Wildman–Crippen MR) is 79.3 cm³/mol. The van der Waals surface area contributed by atoms with Crippen molar-refractivity contribution in [3.05, 3.63) is 46.9 Å². The van der Waals surface area contributed by atoms with Gasteiger partial charge < -0.3 is 4.74 Å².